The second kappa shape index (κ2) is 5.52. The molecule has 0 saturated heterocycles. The van der Waals surface area contributed by atoms with Crippen molar-refractivity contribution in [1.82, 2.24) is 15.0 Å². The lowest BCUT2D eigenvalue weighted by atomic mass is 10.0. The van der Waals surface area contributed by atoms with Crippen LogP contribution in [-0.4, -0.2) is 21.3 Å². The summed E-state index contributed by atoms with van der Waals surface area (Å²) in [7, 11) is 0. The number of aromatic nitrogens is 3. The topological polar surface area (TPSA) is 47.8 Å². The molecule has 0 aliphatic carbocycles. The predicted molar refractivity (Wildman–Crippen MR) is 81.6 cm³/mol. The molecule has 110 valence electrons. The van der Waals surface area contributed by atoms with Crippen LogP contribution in [0.4, 0.5) is 4.39 Å². The van der Waals surface area contributed by atoms with Crippen LogP contribution in [-0.2, 0) is 0 Å². The first-order chi connectivity index (χ1) is 10.6. The summed E-state index contributed by atoms with van der Waals surface area (Å²) in [5, 5.41) is 7.80. The smallest absolute Gasteiger partial charge is 0.172 e. The first-order valence-corrected chi connectivity index (χ1v) is 6.85. The Morgan fingerprint density at radius 3 is 2.55 bits per heavy atom. The maximum Gasteiger partial charge on any atom is 0.172 e. The number of aldehydes is 1. The molecule has 0 atom stereocenters. The molecule has 1 heterocycles. The number of nitrogens with zero attached hydrogens (tertiary/aromatic N) is 3. The van der Waals surface area contributed by atoms with Gasteiger partial charge in [0.1, 0.15) is 17.2 Å². The number of rotatable bonds is 3. The van der Waals surface area contributed by atoms with E-state index in [-0.39, 0.29) is 11.4 Å². The lowest BCUT2D eigenvalue weighted by Crippen LogP contribution is -2.03. The number of carbonyl (C=O) groups excluding carboxylic acids is 1. The third-order valence-electron chi connectivity index (χ3n) is 3.67. The highest BCUT2D eigenvalue weighted by molar-refractivity contribution is 5.84. The maximum atomic E-state index is 14.1. The second-order valence-corrected chi connectivity index (χ2v) is 5.10. The van der Waals surface area contributed by atoms with Gasteiger partial charge in [-0.2, -0.15) is 0 Å². The molecule has 0 amide bonds. The zero-order valence-electron chi connectivity index (χ0n) is 12.2. The highest BCUT2D eigenvalue weighted by Crippen LogP contribution is 2.27. The molecule has 0 fully saturated rings. The van der Waals surface area contributed by atoms with Crippen LogP contribution in [0.25, 0.3) is 16.9 Å². The maximum absolute atomic E-state index is 14.1. The van der Waals surface area contributed by atoms with Gasteiger partial charge in [0.05, 0.1) is 0 Å². The zero-order valence-corrected chi connectivity index (χ0v) is 12.2. The molecule has 3 rings (SSSR count). The molecule has 0 unspecified atom stereocenters. The minimum atomic E-state index is -0.421. The lowest BCUT2D eigenvalue weighted by molar-refractivity contribution is 0.111. The molecular weight excluding hydrogens is 281 g/mol. The summed E-state index contributed by atoms with van der Waals surface area (Å²) in [6.07, 6.45) is 0.634. The van der Waals surface area contributed by atoms with E-state index < -0.39 is 5.82 Å². The van der Waals surface area contributed by atoms with Crippen molar-refractivity contribution in [3.8, 4) is 16.9 Å². The largest absolute Gasteiger partial charge is 0.296 e. The molecule has 0 bridgehead atoms. The van der Waals surface area contributed by atoms with Gasteiger partial charge in [-0.05, 0) is 43.2 Å². The molecule has 5 heteroatoms. The van der Waals surface area contributed by atoms with Crippen molar-refractivity contribution in [3.63, 3.8) is 0 Å². The fraction of sp³-hybridized carbons (Fsp3) is 0.118. The van der Waals surface area contributed by atoms with E-state index in [0.717, 1.165) is 16.7 Å². The molecule has 0 spiro atoms. The standard InChI is InChI=1S/C17H14FN3O/c1-11-7-8-13(9-12(11)2)17-15(10-22)19-20-21(17)16-6-4-3-5-14(16)18/h3-10H,1-2H3. The molecule has 0 saturated carbocycles. The van der Waals surface area contributed by atoms with Crippen LogP contribution >= 0.6 is 0 Å². The summed E-state index contributed by atoms with van der Waals surface area (Å²) in [6, 6.07) is 12.0. The summed E-state index contributed by atoms with van der Waals surface area (Å²) in [6.45, 7) is 3.99. The first-order valence-electron chi connectivity index (χ1n) is 6.85. The molecule has 22 heavy (non-hydrogen) atoms. The van der Waals surface area contributed by atoms with Gasteiger partial charge in [-0.25, -0.2) is 9.07 Å². The van der Waals surface area contributed by atoms with E-state index in [4.69, 9.17) is 0 Å². The molecule has 1 aromatic heterocycles. The van der Waals surface area contributed by atoms with Crippen molar-refractivity contribution in [2.45, 2.75) is 13.8 Å². The van der Waals surface area contributed by atoms with E-state index in [2.05, 4.69) is 10.3 Å². The van der Waals surface area contributed by atoms with Gasteiger partial charge < -0.3 is 0 Å². The van der Waals surface area contributed by atoms with Crippen LogP contribution in [0.2, 0.25) is 0 Å². The van der Waals surface area contributed by atoms with Gasteiger partial charge in [0, 0.05) is 5.56 Å². The van der Waals surface area contributed by atoms with Crippen molar-refractivity contribution in [2.24, 2.45) is 0 Å². The molecule has 3 aromatic rings. The van der Waals surface area contributed by atoms with Gasteiger partial charge in [-0.1, -0.05) is 29.5 Å². The Kier molecular flexibility index (Phi) is 3.55. The molecule has 0 aliphatic rings. The molecule has 0 radical (unpaired) electrons. The number of benzene rings is 2. The summed E-state index contributed by atoms with van der Waals surface area (Å²) in [4.78, 5) is 11.3. The first kappa shape index (κ1) is 14.1. The Balaban J connectivity index is 2.26. The van der Waals surface area contributed by atoms with Gasteiger partial charge in [-0.15, -0.1) is 5.10 Å². The number of para-hydroxylation sites is 1. The van der Waals surface area contributed by atoms with E-state index in [1.165, 1.54) is 10.7 Å². The molecule has 0 N–H and O–H groups in total. The van der Waals surface area contributed by atoms with Gasteiger partial charge in [-0.3, -0.25) is 4.79 Å². The summed E-state index contributed by atoms with van der Waals surface area (Å²) in [5.74, 6) is -0.421. The van der Waals surface area contributed by atoms with Gasteiger partial charge in [0.2, 0.25) is 0 Å². The quantitative estimate of drug-likeness (QED) is 0.695. The van der Waals surface area contributed by atoms with E-state index in [1.54, 1.807) is 18.2 Å². The molecule has 0 aliphatic heterocycles. The Bertz CT molecular complexity index is 855. The molecule has 2 aromatic carbocycles. The van der Waals surface area contributed by atoms with Gasteiger partial charge in [0.25, 0.3) is 0 Å². The minimum absolute atomic E-state index is 0.187. The van der Waals surface area contributed by atoms with Crippen molar-refractivity contribution in [2.75, 3.05) is 0 Å². The average molecular weight is 295 g/mol. The van der Waals surface area contributed by atoms with Crippen LogP contribution in [0.15, 0.2) is 42.5 Å². The number of hydrogen-bond donors (Lipinski definition) is 0. The fourth-order valence-electron chi connectivity index (χ4n) is 2.32. The van der Waals surface area contributed by atoms with Crippen LogP contribution in [0.1, 0.15) is 21.6 Å². The van der Waals surface area contributed by atoms with Gasteiger partial charge in [0.15, 0.2) is 12.0 Å². The summed E-state index contributed by atoms with van der Waals surface area (Å²) >= 11 is 0. The van der Waals surface area contributed by atoms with Crippen molar-refractivity contribution in [1.29, 1.82) is 0 Å². The van der Waals surface area contributed by atoms with E-state index >= 15 is 0 Å². The monoisotopic (exact) mass is 295 g/mol. The summed E-state index contributed by atoms with van der Waals surface area (Å²) in [5.41, 5.74) is 3.93. The van der Waals surface area contributed by atoms with Crippen molar-refractivity contribution < 1.29 is 9.18 Å². The third-order valence-corrected chi connectivity index (χ3v) is 3.67. The minimum Gasteiger partial charge on any atom is -0.296 e. The van der Waals surface area contributed by atoms with E-state index in [0.29, 0.717) is 12.0 Å². The second-order valence-electron chi connectivity index (χ2n) is 5.10. The average Bonchev–Trinajstić information content (AvgIpc) is 2.94. The van der Waals surface area contributed by atoms with Crippen molar-refractivity contribution in [3.05, 3.63) is 65.1 Å². The number of carbonyl (C=O) groups is 1. The third kappa shape index (κ3) is 2.30. The Hall–Kier alpha value is -2.82. The Morgan fingerprint density at radius 1 is 1.09 bits per heavy atom. The van der Waals surface area contributed by atoms with Crippen molar-refractivity contribution >= 4 is 6.29 Å². The normalized spacial score (nSPS) is 10.7. The van der Waals surface area contributed by atoms with Crippen LogP contribution in [0, 0.1) is 19.7 Å². The van der Waals surface area contributed by atoms with Crippen LogP contribution in [0.3, 0.4) is 0 Å². The predicted octanol–water partition coefficient (Wildman–Crippen LogP) is 3.50. The molecular formula is C17H14FN3O. The zero-order chi connectivity index (χ0) is 15.7. The van der Waals surface area contributed by atoms with Crippen LogP contribution in [0.5, 0.6) is 0 Å². The van der Waals surface area contributed by atoms with Gasteiger partial charge >= 0.3 is 0 Å². The Morgan fingerprint density at radius 2 is 1.86 bits per heavy atom. The molecule has 4 nitrogen and oxygen atoms in total. The lowest BCUT2D eigenvalue weighted by Gasteiger charge is -2.09. The van der Waals surface area contributed by atoms with E-state index in [1.807, 2.05) is 32.0 Å². The highest BCUT2D eigenvalue weighted by atomic mass is 19.1. The Labute approximate surface area is 127 Å². The number of hydrogen-bond acceptors (Lipinski definition) is 3. The fourth-order valence-corrected chi connectivity index (χ4v) is 2.32. The number of halogens is 1. The SMILES string of the molecule is Cc1ccc(-c2c(C=O)nnn2-c2ccccc2F)cc1C. The van der Waals surface area contributed by atoms with Crippen LogP contribution < -0.4 is 0 Å². The summed E-state index contributed by atoms with van der Waals surface area (Å²) < 4.78 is 15.4. The van der Waals surface area contributed by atoms with E-state index in [9.17, 15) is 9.18 Å². The number of aryl methyl sites for hydroxylation is 2. The highest BCUT2D eigenvalue weighted by Gasteiger charge is 2.18.